The first kappa shape index (κ1) is 17.0. The first-order valence-electron chi connectivity index (χ1n) is 7.07. The number of methoxy groups -OCH3 is 1. The Morgan fingerprint density at radius 2 is 1.70 bits per heavy atom. The molecule has 0 aromatic heterocycles. The van der Waals surface area contributed by atoms with Gasteiger partial charge in [0.25, 0.3) is 5.91 Å². The van der Waals surface area contributed by atoms with E-state index in [1.165, 1.54) is 24.3 Å². The van der Waals surface area contributed by atoms with Crippen LogP contribution in [-0.4, -0.2) is 27.7 Å². The van der Waals surface area contributed by atoms with Crippen molar-refractivity contribution < 1.29 is 17.9 Å². The predicted octanol–water partition coefficient (Wildman–Crippen LogP) is 2.59. The average molecular weight is 333 g/mol. The van der Waals surface area contributed by atoms with Crippen LogP contribution in [0.4, 0.5) is 0 Å². The van der Waals surface area contributed by atoms with Gasteiger partial charge in [-0.2, -0.15) is 0 Å². The lowest BCUT2D eigenvalue weighted by Gasteiger charge is -2.17. The lowest BCUT2D eigenvalue weighted by Crippen LogP contribution is -2.26. The van der Waals surface area contributed by atoms with Crippen molar-refractivity contribution in [3.05, 3.63) is 59.7 Å². The zero-order chi connectivity index (χ0) is 17.0. The molecule has 0 heterocycles. The molecule has 122 valence electrons. The lowest BCUT2D eigenvalue weighted by molar-refractivity contribution is 0.0939. The zero-order valence-corrected chi connectivity index (χ0v) is 14.1. The van der Waals surface area contributed by atoms with Crippen LogP contribution in [0.3, 0.4) is 0 Å². The summed E-state index contributed by atoms with van der Waals surface area (Å²) in [5, 5.41) is 2.88. The summed E-state index contributed by atoms with van der Waals surface area (Å²) in [6.45, 7) is 1.86. The highest BCUT2D eigenvalue weighted by Gasteiger charge is 2.15. The van der Waals surface area contributed by atoms with Gasteiger partial charge in [0.1, 0.15) is 5.75 Å². The standard InChI is InChI=1S/C17H19NO4S/c1-12(15-6-4-5-7-16(15)22-2)18-17(19)13-8-10-14(11-9-13)23(3,20)21/h4-12H,1-3H3,(H,18,19)/t12-/m1/s1. The molecule has 2 aromatic rings. The van der Waals surface area contributed by atoms with Crippen LogP contribution in [0.25, 0.3) is 0 Å². The second-order valence-corrected chi connectivity index (χ2v) is 7.25. The Kier molecular flexibility index (Phi) is 5.05. The van der Waals surface area contributed by atoms with Gasteiger partial charge in [-0.1, -0.05) is 18.2 Å². The van der Waals surface area contributed by atoms with E-state index in [1.807, 2.05) is 31.2 Å². The number of carbonyl (C=O) groups excluding carboxylic acids is 1. The summed E-state index contributed by atoms with van der Waals surface area (Å²) < 4.78 is 28.2. The fourth-order valence-corrected chi connectivity index (χ4v) is 2.87. The third kappa shape index (κ3) is 4.10. The van der Waals surface area contributed by atoms with Crippen LogP contribution in [0.1, 0.15) is 28.9 Å². The van der Waals surface area contributed by atoms with Crippen LogP contribution in [0, 0.1) is 0 Å². The van der Waals surface area contributed by atoms with Crippen molar-refractivity contribution in [2.75, 3.05) is 13.4 Å². The molecule has 0 aliphatic rings. The highest BCUT2D eigenvalue weighted by atomic mass is 32.2. The Balaban J connectivity index is 2.15. The number of carbonyl (C=O) groups is 1. The van der Waals surface area contributed by atoms with Crippen LogP contribution in [0.15, 0.2) is 53.4 Å². The molecular weight excluding hydrogens is 314 g/mol. The maximum Gasteiger partial charge on any atom is 0.251 e. The summed E-state index contributed by atoms with van der Waals surface area (Å²) in [5.41, 5.74) is 1.27. The normalized spacial score (nSPS) is 12.5. The summed E-state index contributed by atoms with van der Waals surface area (Å²) in [4.78, 5) is 12.5. The Morgan fingerprint density at radius 3 is 2.26 bits per heavy atom. The molecule has 1 atom stereocenters. The summed E-state index contributed by atoms with van der Waals surface area (Å²) in [7, 11) is -1.69. The topological polar surface area (TPSA) is 72.5 Å². The Labute approximate surface area is 136 Å². The fourth-order valence-electron chi connectivity index (χ4n) is 2.24. The van der Waals surface area contributed by atoms with Crippen molar-refractivity contribution >= 4 is 15.7 Å². The number of hydrogen-bond acceptors (Lipinski definition) is 4. The monoisotopic (exact) mass is 333 g/mol. The van der Waals surface area contributed by atoms with E-state index in [4.69, 9.17) is 4.74 Å². The molecule has 23 heavy (non-hydrogen) atoms. The van der Waals surface area contributed by atoms with Gasteiger partial charge in [-0.15, -0.1) is 0 Å². The number of hydrogen-bond donors (Lipinski definition) is 1. The van der Waals surface area contributed by atoms with E-state index in [9.17, 15) is 13.2 Å². The molecule has 2 rings (SSSR count). The van der Waals surface area contributed by atoms with E-state index in [1.54, 1.807) is 7.11 Å². The van der Waals surface area contributed by atoms with Crippen LogP contribution >= 0.6 is 0 Å². The largest absolute Gasteiger partial charge is 0.496 e. The molecule has 5 nitrogen and oxygen atoms in total. The fraction of sp³-hybridized carbons (Fsp3) is 0.235. The van der Waals surface area contributed by atoms with Crippen LogP contribution < -0.4 is 10.1 Å². The van der Waals surface area contributed by atoms with Crippen molar-refractivity contribution in [1.29, 1.82) is 0 Å². The van der Waals surface area contributed by atoms with Gasteiger partial charge in [0.15, 0.2) is 9.84 Å². The molecule has 0 unspecified atom stereocenters. The quantitative estimate of drug-likeness (QED) is 0.913. The molecular formula is C17H19NO4S. The number of amides is 1. The van der Waals surface area contributed by atoms with Gasteiger partial charge in [-0.05, 0) is 37.3 Å². The predicted molar refractivity (Wildman–Crippen MR) is 88.4 cm³/mol. The SMILES string of the molecule is COc1ccccc1[C@@H](C)NC(=O)c1ccc(S(C)(=O)=O)cc1. The third-order valence-electron chi connectivity index (χ3n) is 3.50. The van der Waals surface area contributed by atoms with E-state index in [0.29, 0.717) is 11.3 Å². The average Bonchev–Trinajstić information content (AvgIpc) is 2.54. The van der Waals surface area contributed by atoms with Gasteiger partial charge in [0, 0.05) is 17.4 Å². The Morgan fingerprint density at radius 1 is 1.09 bits per heavy atom. The summed E-state index contributed by atoms with van der Waals surface area (Å²) in [6, 6.07) is 13.1. The van der Waals surface area contributed by atoms with Gasteiger partial charge in [-0.3, -0.25) is 4.79 Å². The van der Waals surface area contributed by atoms with E-state index in [0.717, 1.165) is 11.8 Å². The van der Waals surface area contributed by atoms with E-state index in [2.05, 4.69) is 5.32 Å². The third-order valence-corrected chi connectivity index (χ3v) is 4.63. The smallest absolute Gasteiger partial charge is 0.251 e. The molecule has 1 amide bonds. The molecule has 0 spiro atoms. The number of sulfone groups is 1. The first-order valence-corrected chi connectivity index (χ1v) is 8.96. The van der Waals surface area contributed by atoms with Crippen LogP contribution in [0.5, 0.6) is 5.75 Å². The van der Waals surface area contributed by atoms with Gasteiger partial charge in [-0.25, -0.2) is 8.42 Å². The van der Waals surface area contributed by atoms with Crippen molar-refractivity contribution in [1.82, 2.24) is 5.32 Å². The van der Waals surface area contributed by atoms with Gasteiger partial charge < -0.3 is 10.1 Å². The maximum absolute atomic E-state index is 12.3. The molecule has 2 aromatic carbocycles. The number of ether oxygens (including phenoxy) is 1. The molecule has 1 N–H and O–H groups in total. The minimum Gasteiger partial charge on any atom is -0.496 e. The van der Waals surface area contributed by atoms with Gasteiger partial charge in [0.2, 0.25) is 0 Å². The second-order valence-electron chi connectivity index (χ2n) is 5.23. The van der Waals surface area contributed by atoms with Crippen molar-refractivity contribution in [2.24, 2.45) is 0 Å². The van der Waals surface area contributed by atoms with E-state index < -0.39 is 9.84 Å². The van der Waals surface area contributed by atoms with E-state index in [-0.39, 0.29) is 16.8 Å². The highest BCUT2D eigenvalue weighted by molar-refractivity contribution is 7.90. The maximum atomic E-state index is 12.3. The van der Waals surface area contributed by atoms with Crippen LogP contribution in [0.2, 0.25) is 0 Å². The lowest BCUT2D eigenvalue weighted by atomic mass is 10.1. The minimum absolute atomic E-state index is 0.187. The molecule has 0 saturated heterocycles. The van der Waals surface area contributed by atoms with Crippen molar-refractivity contribution in [2.45, 2.75) is 17.9 Å². The zero-order valence-electron chi connectivity index (χ0n) is 13.2. The molecule has 0 radical (unpaired) electrons. The van der Waals surface area contributed by atoms with Gasteiger partial charge >= 0.3 is 0 Å². The van der Waals surface area contributed by atoms with E-state index >= 15 is 0 Å². The molecule has 0 aliphatic carbocycles. The summed E-state index contributed by atoms with van der Waals surface area (Å²) >= 11 is 0. The molecule has 0 bridgehead atoms. The van der Waals surface area contributed by atoms with Crippen LogP contribution in [-0.2, 0) is 9.84 Å². The summed E-state index contributed by atoms with van der Waals surface area (Å²) in [6.07, 6.45) is 1.13. The molecule has 0 saturated carbocycles. The summed E-state index contributed by atoms with van der Waals surface area (Å²) in [5.74, 6) is 0.427. The Bertz CT molecular complexity index is 798. The highest BCUT2D eigenvalue weighted by Crippen LogP contribution is 2.24. The van der Waals surface area contributed by atoms with Crippen molar-refractivity contribution in [3.63, 3.8) is 0 Å². The molecule has 0 fully saturated rings. The molecule has 6 heteroatoms. The molecule has 0 aliphatic heterocycles. The number of rotatable bonds is 5. The first-order chi connectivity index (χ1) is 10.8. The second kappa shape index (κ2) is 6.83. The number of nitrogens with one attached hydrogen (secondary N) is 1. The van der Waals surface area contributed by atoms with Gasteiger partial charge in [0.05, 0.1) is 18.0 Å². The number of para-hydroxylation sites is 1. The number of benzene rings is 2. The van der Waals surface area contributed by atoms with Crippen molar-refractivity contribution in [3.8, 4) is 5.75 Å². The minimum atomic E-state index is -3.27. The Hall–Kier alpha value is -2.34.